The smallest absolute Gasteiger partial charge is 0.130 e. The number of fused-ring (bicyclic) bond motifs is 1. The van der Waals surface area contributed by atoms with Crippen molar-refractivity contribution >= 4 is 17.2 Å². The van der Waals surface area contributed by atoms with Crippen LogP contribution in [0.15, 0.2) is 30.3 Å². The quantitative estimate of drug-likeness (QED) is 0.715. The van der Waals surface area contributed by atoms with Gasteiger partial charge in [-0.1, -0.05) is 18.2 Å². The summed E-state index contributed by atoms with van der Waals surface area (Å²) in [7, 11) is 0. The summed E-state index contributed by atoms with van der Waals surface area (Å²) < 4.78 is 0. The van der Waals surface area contributed by atoms with Crippen LogP contribution in [0.5, 0.6) is 0 Å². The van der Waals surface area contributed by atoms with E-state index >= 15 is 0 Å². The number of nitrogens with zero attached hydrogens (tertiary/aromatic N) is 1. The molecule has 16 heavy (non-hydrogen) atoms. The van der Waals surface area contributed by atoms with Gasteiger partial charge in [0.15, 0.2) is 0 Å². The lowest BCUT2D eigenvalue weighted by molar-refractivity contribution is -0.109. The fourth-order valence-corrected chi connectivity index (χ4v) is 2.31. The normalized spacial score (nSPS) is 17.3. The zero-order valence-electron chi connectivity index (χ0n) is 9.23. The van der Waals surface area contributed by atoms with Gasteiger partial charge in [0.25, 0.3) is 0 Å². The summed E-state index contributed by atoms with van der Waals surface area (Å²) in [6.45, 7) is 1.98. The number of carbonyl (C=O) groups excluding carboxylic acids is 1. The topological polar surface area (TPSA) is 30.0 Å². The summed E-state index contributed by atoms with van der Waals surface area (Å²) in [6.07, 6.45) is 3.06. The van der Waals surface area contributed by atoms with E-state index in [-0.39, 0.29) is 5.41 Å². The first-order chi connectivity index (χ1) is 7.75. The highest BCUT2D eigenvalue weighted by Gasteiger charge is 2.45. The van der Waals surface area contributed by atoms with Gasteiger partial charge in [0, 0.05) is 11.1 Å². The molecule has 2 aromatic rings. The van der Waals surface area contributed by atoms with Crippen LogP contribution in [-0.4, -0.2) is 11.3 Å². The summed E-state index contributed by atoms with van der Waals surface area (Å²) in [5, 5.41) is 1.12. The average Bonchev–Trinajstić information content (AvgIpc) is 3.08. The van der Waals surface area contributed by atoms with E-state index in [2.05, 4.69) is 17.1 Å². The number of aldehydes is 1. The Morgan fingerprint density at radius 2 is 2.06 bits per heavy atom. The zero-order chi connectivity index (χ0) is 11.2. The van der Waals surface area contributed by atoms with Crippen molar-refractivity contribution in [2.75, 3.05) is 0 Å². The minimum atomic E-state index is -0.215. The van der Waals surface area contributed by atoms with Gasteiger partial charge < -0.3 is 4.79 Å². The third-order valence-electron chi connectivity index (χ3n) is 3.39. The second-order valence-electron chi connectivity index (χ2n) is 4.60. The fraction of sp³-hybridized carbons (Fsp3) is 0.286. The van der Waals surface area contributed by atoms with Gasteiger partial charge in [0.05, 0.1) is 10.9 Å². The van der Waals surface area contributed by atoms with Gasteiger partial charge in [-0.05, 0) is 37.5 Å². The molecule has 1 aliphatic rings. The van der Waals surface area contributed by atoms with Crippen molar-refractivity contribution in [1.29, 1.82) is 0 Å². The maximum atomic E-state index is 11.2. The van der Waals surface area contributed by atoms with E-state index in [1.165, 1.54) is 0 Å². The third kappa shape index (κ3) is 1.26. The highest BCUT2D eigenvalue weighted by molar-refractivity contribution is 5.89. The van der Waals surface area contributed by atoms with Crippen molar-refractivity contribution in [3.8, 4) is 0 Å². The van der Waals surface area contributed by atoms with Crippen molar-refractivity contribution in [2.24, 2.45) is 0 Å². The monoisotopic (exact) mass is 211 g/mol. The molecule has 1 aromatic carbocycles. The molecule has 2 nitrogen and oxygen atoms in total. The van der Waals surface area contributed by atoms with Gasteiger partial charge >= 0.3 is 0 Å². The molecule has 0 amide bonds. The number of pyridine rings is 1. The van der Waals surface area contributed by atoms with E-state index in [9.17, 15) is 4.79 Å². The van der Waals surface area contributed by atoms with E-state index < -0.39 is 0 Å². The minimum Gasteiger partial charge on any atom is -0.302 e. The minimum absolute atomic E-state index is 0.215. The van der Waals surface area contributed by atoms with Crippen molar-refractivity contribution in [2.45, 2.75) is 25.2 Å². The molecule has 1 saturated carbocycles. The lowest BCUT2D eigenvalue weighted by atomic mass is 9.93. The number of para-hydroxylation sites is 1. The second kappa shape index (κ2) is 3.14. The Balaban J connectivity index is 2.35. The molecular formula is C14H13NO. The third-order valence-corrected chi connectivity index (χ3v) is 3.39. The van der Waals surface area contributed by atoms with Crippen LogP contribution in [0.3, 0.4) is 0 Å². The van der Waals surface area contributed by atoms with Crippen molar-refractivity contribution < 1.29 is 4.79 Å². The molecule has 0 spiro atoms. The number of rotatable bonds is 2. The molecule has 1 fully saturated rings. The average molecular weight is 211 g/mol. The Bertz CT molecular complexity index is 570. The highest BCUT2D eigenvalue weighted by Crippen LogP contribution is 2.48. The van der Waals surface area contributed by atoms with E-state index in [0.717, 1.165) is 41.3 Å². The van der Waals surface area contributed by atoms with Crippen LogP contribution in [0, 0.1) is 6.92 Å². The predicted octanol–water partition coefficient (Wildman–Crippen LogP) is 2.77. The number of hydrogen-bond acceptors (Lipinski definition) is 2. The first-order valence-corrected chi connectivity index (χ1v) is 5.58. The SMILES string of the molecule is Cc1cc(C2(C=O)CC2)c2ccccc2n1. The number of aromatic nitrogens is 1. The number of hydrogen-bond donors (Lipinski definition) is 0. The summed E-state index contributed by atoms with van der Waals surface area (Å²) in [5.74, 6) is 0. The van der Waals surface area contributed by atoms with Crippen LogP contribution in [0.2, 0.25) is 0 Å². The van der Waals surface area contributed by atoms with E-state index in [0.29, 0.717) is 0 Å². The molecular weight excluding hydrogens is 198 g/mol. The second-order valence-corrected chi connectivity index (χ2v) is 4.60. The molecule has 0 radical (unpaired) electrons. The fourth-order valence-electron chi connectivity index (χ4n) is 2.31. The Morgan fingerprint density at radius 1 is 1.31 bits per heavy atom. The molecule has 3 rings (SSSR count). The van der Waals surface area contributed by atoms with Crippen LogP contribution >= 0.6 is 0 Å². The van der Waals surface area contributed by atoms with Crippen LogP contribution in [-0.2, 0) is 10.2 Å². The van der Waals surface area contributed by atoms with E-state index in [4.69, 9.17) is 0 Å². The van der Waals surface area contributed by atoms with Gasteiger partial charge in [0.2, 0.25) is 0 Å². The molecule has 0 unspecified atom stereocenters. The van der Waals surface area contributed by atoms with Crippen LogP contribution in [0.1, 0.15) is 24.1 Å². The molecule has 0 saturated heterocycles. The standard InChI is InChI=1S/C14H13NO/c1-10-8-12(14(9-16)6-7-14)11-4-2-3-5-13(11)15-10/h2-5,8-9H,6-7H2,1H3. The number of carbonyl (C=O) groups is 1. The van der Waals surface area contributed by atoms with E-state index in [1.807, 2.05) is 25.1 Å². The summed E-state index contributed by atoms with van der Waals surface area (Å²) in [6, 6.07) is 10.1. The van der Waals surface area contributed by atoms with Crippen molar-refractivity contribution in [3.63, 3.8) is 0 Å². The molecule has 80 valence electrons. The Morgan fingerprint density at radius 3 is 2.75 bits per heavy atom. The van der Waals surface area contributed by atoms with Crippen LogP contribution in [0.25, 0.3) is 10.9 Å². The molecule has 0 bridgehead atoms. The predicted molar refractivity (Wildman–Crippen MR) is 63.5 cm³/mol. The summed E-state index contributed by atoms with van der Waals surface area (Å²) >= 11 is 0. The Kier molecular flexibility index (Phi) is 1.87. The van der Waals surface area contributed by atoms with Gasteiger partial charge in [-0.25, -0.2) is 0 Å². The molecule has 1 aliphatic carbocycles. The lowest BCUT2D eigenvalue weighted by Gasteiger charge is -2.12. The molecule has 1 heterocycles. The Labute approximate surface area is 94.3 Å². The summed E-state index contributed by atoms with van der Waals surface area (Å²) in [5.41, 5.74) is 2.92. The van der Waals surface area contributed by atoms with Gasteiger partial charge in [-0.2, -0.15) is 0 Å². The molecule has 0 atom stereocenters. The summed E-state index contributed by atoms with van der Waals surface area (Å²) in [4.78, 5) is 15.7. The van der Waals surface area contributed by atoms with Gasteiger partial charge in [0.1, 0.15) is 6.29 Å². The van der Waals surface area contributed by atoms with Crippen LogP contribution in [0.4, 0.5) is 0 Å². The molecule has 2 heteroatoms. The highest BCUT2D eigenvalue weighted by atomic mass is 16.1. The van der Waals surface area contributed by atoms with E-state index in [1.54, 1.807) is 0 Å². The first-order valence-electron chi connectivity index (χ1n) is 5.58. The largest absolute Gasteiger partial charge is 0.302 e. The zero-order valence-corrected chi connectivity index (χ0v) is 9.23. The van der Waals surface area contributed by atoms with Crippen molar-refractivity contribution in [3.05, 3.63) is 41.6 Å². The Hall–Kier alpha value is -1.70. The maximum Gasteiger partial charge on any atom is 0.130 e. The first kappa shape index (κ1) is 9.52. The molecule has 0 N–H and O–H groups in total. The van der Waals surface area contributed by atoms with Crippen molar-refractivity contribution in [1.82, 2.24) is 4.98 Å². The number of aryl methyl sites for hydroxylation is 1. The van der Waals surface area contributed by atoms with Gasteiger partial charge in [-0.15, -0.1) is 0 Å². The molecule has 1 aromatic heterocycles. The molecule has 0 aliphatic heterocycles. The number of benzene rings is 1. The van der Waals surface area contributed by atoms with Crippen LogP contribution < -0.4 is 0 Å². The lowest BCUT2D eigenvalue weighted by Crippen LogP contribution is -2.09. The maximum absolute atomic E-state index is 11.2. The van der Waals surface area contributed by atoms with Gasteiger partial charge in [-0.3, -0.25) is 4.98 Å².